The summed E-state index contributed by atoms with van der Waals surface area (Å²) in [5.41, 5.74) is 7.28. The Labute approximate surface area is 140 Å². The van der Waals surface area contributed by atoms with E-state index in [0.717, 1.165) is 32.2 Å². The lowest BCUT2D eigenvalue weighted by Gasteiger charge is -2.39. The first kappa shape index (κ1) is 19.0. The third kappa shape index (κ3) is 4.47. The highest BCUT2D eigenvalue weighted by Gasteiger charge is 2.39. The molecule has 1 fully saturated rings. The number of nitrogens with zero attached hydrogens (tertiary/aromatic N) is 1. The zero-order chi connectivity index (χ0) is 15.5. The van der Waals surface area contributed by atoms with Crippen LogP contribution in [0.15, 0.2) is 30.3 Å². The topological polar surface area (TPSA) is 46.3 Å². The molecule has 2 rings (SSSR count). The van der Waals surface area contributed by atoms with Crippen LogP contribution in [0.2, 0.25) is 0 Å². The summed E-state index contributed by atoms with van der Waals surface area (Å²) >= 11 is 0. The molecule has 0 heterocycles. The second-order valence-electron chi connectivity index (χ2n) is 6.83. The maximum atomic E-state index is 12.7. The summed E-state index contributed by atoms with van der Waals surface area (Å²) < 4.78 is 0. The summed E-state index contributed by atoms with van der Waals surface area (Å²) in [6.07, 6.45) is 4.13. The minimum absolute atomic E-state index is 0. The van der Waals surface area contributed by atoms with Crippen LogP contribution in [0.5, 0.6) is 0 Å². The number of amides is 1. The van der Waals surface area contributed by atoms with Crippen LogP contribution in [0.25, 0.3) is 0 Å². The molecule has 4 heteroatoms. The van der Waals surface area contributed by atoms with Crippen LogP contribution in [-0.2, 0) is 4.79 Å². The Bertz CT molecular complexity index is 475. The number of carbonyl (C=O) groups excluding carboxylic acids is 1. The maximum absolute atomic E-state index is 12.7. The lowest BCUT2D eigenvalue weighted by Crippen LogP contribution is -2.53. The van der Waals surface area contributed by atoms with E-state index in [9.17, 15) is 4.79 Å². The second-order valence-corrected chi connectivity index (χ2v) is 6.83. The molecular weight excluding hydrogens is 296 g/mol. The van der Waals surface area contributed by atoms with Gasteiger partial charge in [-0.3, -0.25) is 4.79 Å². The van der Waals surface area contributed by atoms with E-state index in [0.29, 0.717) is 5.92 Å². The molecule has 2 N–H and O–H groups in total. The molecule has 1 aliphatic rings. The van der Waals surface area contributed by atoms with Gasteiger partial charge in [0.1, 0.15) is 0 Å². The van der Waals surface area contributed by atoms with Crippen LogP contribution in [0.4, 0.5) is 0 Å². The van der Waals surface area contributed by atoms with E-state index in [1.165, 1.54) is 5.56 Å². The maximum Gasteiger partial charge on any atom is 0.227 e. The smallest absolute Gasteiger partial charge is 0.227 e. The van der Waals surface area contributed by atoms with Gasteiger partial charge in [0, 0.05) is 19.1 Å². The monoisotopic (exact) mass is 324 g/mol. The summed E-state index contributed by atoms with van der Waals surface area (Å²) in [6.45, 7) is 4.94. The van der Waals surface area contributed by atoms with Gasteiger partial charge in [-0.1, -0.05) is 50.1 Å². The SMILES string of the molecule is CC(CN(C)C(=O)C1CCCCC1(C)N)c1ccccc1.Cl. The molecule has 1 aliphatic carbocycles. The van der Waals surface area contributed by atoms with Crippen molar-refractivity contribution in [2.24, 2.45) is 11.7 Å². The molecule has 3 unspecified atom stereocenters. The quantitative estimate of drug-likeness (QED) is 0.920. The van der Waals surface area contributed by atoms with Crippen molar-refractivity contribution >= 4 is 18.3 Å². The molecule has 22 heavy (non-hydrogen) atoms. The number of benzene rings is 1. The number of rotatable bonds is 4. The highest BCUT2D eigenvalue weighted by Crippen LogP contribution is 2.33. The van der Waals surface area contributed by atoms with Gasteiger partial charge in [-0.2, -0.15) is 0 Å². The summed E-state index contributed by atoms with van der Waals surface area (Å²) in [7, 11) is 1.91. The molecule has 124 valence electrons. The summed E-state index contributed by atoms with van der Waals surface area (Å²) in [6, 6.07) is 10.4. The van der Waals surface area contributed by atoms with Gasteiger partial charge < -0.3 is 10.6 Å². The fourth-order valence-electron chi connectivity index (χ4n) is 3.42. The van der Waals surface area contributed by atoms with Gasteiger partial charge in [-0.25, -0.2) is 0 Å². The van der Waals surface area contributed by atoms with E-state index in [1.54, 1.807) is 0 Å². The minimum atomic E-state index is -0.348. The van der Waals surface area contributed by atoms with Crippen LogP contribution in [0.1, 0.15) is 51.0 Å². The van der Waals surface area contributed by atoms with Crippen LogP contribution in [-0.4, -0.2) is 29.9 Å². The molecule has 0 spiro atoms. The van der Waals surface area contributed by atoms with Crippen molar-refractivity contribution in [3.63, 3.8) is 0 Å². The molecule has 0 saturated heterocycles. The van der Waals surface area contributed by atoms with E-state index < -0.39 is 0 Å². The number of likely N-dealkylation sites (N-methyl/N-ethyl adjacent to an activating group) is 1. The van der Waals surface area contributed by atoms with E-state index in [2.05, 4.69) is 19.1 Å². The molecule has 0 radical (unpaired) electrons. The highest BCUT2D eigenvalue weighted by molar-refractivity contribution is 5.85. The molecule has 0 aliphatic heterocycles. The Balaban J connectivity index is 0.00000242. The second kappa shape index (κ2) is 7.98. The molecule has 3 nitrogen and oxygen atoms in total. The fourth-order valence-corrected chi connectivity index (χ4v) is 3.42. The number of nitrogens with two attached hydrogens (primary N) is 1. The lowest BCUT2D eigenvalue weighted by atomic mass is 9.74. The Morgan fingerprint density at radius 2 is 2.00 bits per heavy atom. The Morgan fingerprint density at radius 1 is 1.36 bits per heavy atom. The Kier molecular flexibility index (Phi) is 6.89. The standard InChI is InChI=1S/C18H28N2O.ClH/c1-14(15-9-5-4-6-10-15)13-20(3)17(21)16-11-7-8-12-18(16,2)19;/h4-6,9-10,14,16H,7-8,11-13,19H2,1-3H3;1H. The zero-order valence-corrected chi connectivity index (χ0v) is 14.7. The first-order valence-electron chi connectivity index (χ1n) is 8.00. The largest absolute Gasteiger partial charge is 0.345 e. The summed E-state index contributed by atoms with van der Waals surface area (Å²) in [5.74, 6) is 0.523. The average molecular weight is 325 g/mol. The molecular formula is C18H29ClN2O. The van der Waals surface area contributed by atoms with E-state index in [4.69, 9.17) is 5.73 Å². The van der Waals surface area contributed by atoms with Gasteiger partial charge in [0.15, 0.2) is 0 Å². The molecule has 1 amide bonds. The molecule has 1 saturated carbocycles. The van der Waals surface area contributed by atoms with E-state index in [1.807, 2.05) is 37.1 Å². The first-order chi connectivity index (χ1) is 9.92. The van der Waals surface area contributed by atoms with Gasteiger partial charge in [0.2, 0.25) is 5.91 Å². The van der Waals surface area contributed by atoms with Gasteiger partial charge >= 0.3 is 0 Å². The minimum Gasteiger partial charge on any atom is -0.345 e. The number of hydrogen-bond acceptors (Lipinski definition) is 2. The van der Waals surface area contributed by atoms with Crippen LogP contribution in [0, 0.1) is 5.92 Å². The molecule has 0 bridgehead atoms. The van der Waals surface area contributed by atoms with Crippen molar-refractivity contribution in [1.29, 1.82) is 0 Å². The van der Waals surface area contributed by atoms with Crippen LogP contribution in [0.3, 0.4) is 0 Å². The van der Waals surface area contributed by atoms with Gasteiger partial charge in [0.05, 0.1) is 5.92 Å². The van der Waals surface area contributed by atoms with Gasteiger partial charge in [-0.15, -0.1) is 12.4 Å². The van der Waals surface area contributed by atoms with Gasteiger partial charge in [-0.05, 0) is 31.2 Å². The number of hydrogen-bond donors (Lipinski definition) is 1. The lowest BCUT2D eigenvalue weighted by molar-refractivity contribution is -0.137. The van der Waals surface area contributed by atoms with Crippen LogP contribution < -0.4 is 5.73 Å². The zero-order valence-electron chi connectivity index (χ0n) is 13.9. The third-order valence-electron chi connectivity index (χ3n) is 4.84. The molecule has 1 aromatic carbocycles. The summed E-state index contributed by atoms with van der Waals surface area (Å²) in [4.78, 5) is 14.6. The highest BCUT2D eigenvalue weighted by atomic mass is 35.5. The summed E-state index contributed by atoms with van der Waals surface area (Å²) in [5, 5.41) is 0. The third-order valence-corrected chi connectivity index (χ3v) is 4.84. The molecule has 3 atom stereocenters. The number of carbonyl (C=O) groups is 1. The van der Waals surface area contributed by atoms with Crippen molar-refractivity contribution in [2.45, 2.75) is 51.0 Å². The fraction of sp³-hybridized carbons (Fsp3) is 0.611. The predicted octanol–water partition coefficient (Wildman–Crippen LogP) is 3.58. The Morgan fingerprint density at radius 3 is 2.59 bits per heavy atom. The molecule has 1 aromatic rings. The van der Waals surface area contributed by atoms with Gasteiger partial charge in [0.25, 0.3) is 0 Å². The van der Waals surface area contributed by atoms with Crippen molar-refractivity contribution in [1.82, 2.24) is 4.90 Å². The normalized spacial score (nSPS) is 25.9. The first-order valence-corrected chi connectivity index (χ1v) is 8.00. The Hall–Kier alpha value is -1.06. The average Bonchev–Trinajstić information content (AvgIpc) is 2.47. The van der Waals surface area contributed by atoms with Crippen molar-refractivity contribution in [2.75, 3.05) is 13.6 Å². The van der Waals surface area contributed by atoms with Crippen molar-refractivity contribution < 1.29 is 4.79 Å². The van der Waals surface area contributed by atoms with Crippen molar-refractivity contribution in [3.8, 4) is 0 Å². The predicted molar refractivity (Wildman–Crippen MR) is 94.3 cm³/mol. The molecule has 0 aromatic heterocycles. The van der Waals surface area contributed by atoms with E-state index >= 15 is 0 Å². The van der Waals surface area contributed by atoms with E-state index in [-0.39, 0.29) is 29.8 Å². The van der Waals surface area contributed by atoms with Crippen LogP contribution >= 0.6 is 12.4 Å². The van der Waals surface area contributed by atoms with Crippen molar-refractivity contribution in [3.05, 3.63) is 35.9 Å². The number of halogens is 1.